The highest BCUT2D eigenvalue weighted by atomic mass is 16.2. The van der Waals surface area contributed by atoms with Gasteiger partial charge < -0.3 is 0 Å². The van der Waals surface area contributed by atoms with Gasteiger partial charge in [0.2, 0.25) is 0 Å². The first-order chi connectivity index (χ1) is 13.0. The summed E-state index contributed by atoms with van der Waals surface area (Å²) in [5, 5.41) is 14.8. The van der Waals surface area contributed by atoms with Crippen molar-refractivity contribution in [3.05, 3.63) is 70.8 Å². The van der Waals surface area contributed by atoms with Crippen molar-refractivity contribution in [2.75, 3.05) is 5.01 Å². The molecule has 136 valence electrons. The van der Waals surface area contributed by atoms with Crippen molar-refractivity contribution in [1.29, 1.82) is 0 Å². The number of aromatic nitrogens is 4. The van der Waals surface area contributed by atoms with Crippen LogP contribution in [0.1, 0.15) is 22.6 Å². The predicted octanol–water partition coefficient (Wildman–Crippen LogP) is 2.60. The fourth-order valence-electron chi connectivity index (χ4n) is 3.12. The number of hydrogen-bond donors (Lipinski definition) is 0. The third-order valence-corrected chi connectivity index (χ3v) is 4.70. The Morgan fingerprint density at radius 3 is 2.37 bits per heavy atom. The van der Waals surface area contributed by atoms with Crippen molar-refractivity contribution < 1.29 is 4.79 Å². The van der Waals surface area contributed by atoms with Gasteiger partial charge in [-0.15, -0.1) is 0 Å². The summed E-state index contributed by atoms with van der Waals surface area (Å²) < 4.78 is 3.53. The lowest BCUT2D eigenvalue weighted by Crippen LogP contribution is -2.21. The van der Waals surface area contributed by atoms with E-state index in [4.69, 9.17) is 0 Å². The van der Waals surface area contributed by atoms with E-state index in [1.165, 1.54) is 5.01 Å². The molecule has 1 aliphatic heterocycles. The Morgan fingerprint density at radius 1 is 1.04 bits per heavy atom. The summed E-state index contributed by atoms with van der Waals surface area (Å²) in [5.74, 6) is -0.168. The number of nitrogens with zero attached hydrogens (tertiary/aromatic N) is 6. The number of aryl methyl sites for hydroxylation is 3. The molecule has 0 saturated heterocycles. The van der Waals surface area contributed by atoms with Gasteiger partial charge in [-0.1, -0.05) is 18.2 Å². The first-order valence-corrected chi connectivity index (χ1v) is 8.65. The van der Waals surface area contributed by atoms with E-state index in [0.717, 1.165) is 28.3 Å². The summed E-state index contributed by atoms with van der Waals surface area (Å²) in [4.78, 5) is 13.2. The SMILES string of the molecule is Cc1cc(C2=NN(c3ccccc3)C(=O)C2=Cc2cnn(C)c2C)n(C)n1. The largest absolute Gasteiger partial charge is 0.281 e. The molecular formula is C20H20N6O. The van der Waals surface area contributed by atoms with E-state index in [9.17, 15) is 4.79 Å². The smallest absolute Gasteiger partial charge is 0.272 e. The molecule has 0 aliphatic carbocycles. The van der Waals surface area contributed by atoms with E-state index in [1.807, 2.05) is 70.4 Å². The van der Waals surface area contributed by atoms with Crippen LogP contribution in [0.25, 0.3) is 6.08 Å². The van der Waals surface area contributed by atoms with E-state index in [1.54, 1.807) is 15.6 Å². The standard InChI is InChI=1S/C20H20N6O/c1-13-10-18(25(4)22-13)19-17(11-15-12-21-24(3)14(15)2)20(27)26(23-19)16-8-6-5-7-9-16/h5-12H,1-4H3. The third-order valence-electron chi connectivity index (χ3n) is 4.70. The quantitative estimate of drug-likeness (QED) is 0.674. The first-order valence-electron chi connectivity index (χ1n) is 8.65. The molecule has 1 aromatic carbocycles. The molecule has 2 aromatic heterocycles. The molecule has 0 spiro atoms. The minimum Gasteiger partial charge on any atom is -0.272 e. The topological polar surface area (TPSA) is 68.3 Å². The second-order valence-corrected chi connectivity index (χ2v) is 6.56. The summed E-state index contributed by atoms with van der Waals surface area (Å²) in [6, 6.07) is 11.4. The summed E-state index contributed by atoms with van der Waals surface area (Å²) >= 11 is 0. The summed E-state index contributed by atoms with van der Waals surface area (Å²) in [6.45, 7) is 3.89. The average Bonchev–Trinajstić information content (AvgIpc) is 3.27. The maximum Gasteiger partial charge on any atom is 0.281 e. The number of hydrazone groups is 1. The number of para-hydroxylation sites is 1. The second-order valence-electron chi connectivity index (χ2n) is 6.56. The van der Waals surface area contributed by atoms with Crippen LogP contribution in [0.5, 0.6) is 0 Å². The lowest BCUT2D eigenvalue weighted by molar-refractivity contribution is -0.114. The van der Waals surface area contributed by atoms with Crippen molar-refractivity contribution in [3.8, 4) is 0 Å². The van der Waals surface area contributed by atoms with Gasteiger partial charge in [0.05, 0.1) is 28.8 Å². The van der Waals surface area contributed by atoms with Crippen molar-refractivity contribution in [3.63, 3.8) is 0 Å². The van der Waals surface area contributed by atoms with Gasteiger partial charge in [0, 0.05) is 25.4 Å². The van der Waals surface area contributed by atoms with Crippen LogP contribution in [-0.4, -0.2) is 31.2 Å². The molecule has 1 amide bonds. The Hall–Kier alpha value is -3.48. The van der Waals surface area contributed by atoms with Gasteiger partial charge in [-0.2, -0.15) is 20.3 Å². The predicted molar refractivity (Wildman–Crippen MR) is 104 cm³/mol. The first kappa shape index (κ1) is 17.0. The number of carbonyl (C=O) groups is 1. The van der Waals surface area contributed by atoms with Crippen molar-refractivity contribution >= 4 is 23.4 Å². The number of amides is 1. The molecule has 0 N–H and O–H groups in total. The average molecular weight is 360 g/mol. The minimum atomic E-state index is -0.168. The fourth-order valence-corrected chi connectivity index (χ4v) is 3.12. The van der Waals surface area contributed by atoms with Gasteiger partial charge >= 0.3 is 0 Å². The summed E-state index contributed by atoms with van der Waals surface area (Å²) in [7, 11) is 3.73. The monoisotopic (exact) mass is 360 g/mol. The van der Waals surface area contributed by atoms with Crippen molar-refractivity contribution in [2.45, 2.75) is 13.8 Å². The second kappa shape index (κ2) is 6.35. The molecule has 3 aromatic rings. The van der Waals surface area contributed by atoms with Crippen LogP contribution >= 0.6 is 0 Å². The number of hydrogen-bond acceptors (Lipinski definition) is 4. The third kappa shape index (κ3) is 2.87. The van der Waals surface area contributed by atoms with E-state index < -0.39 is 0 Å². The van der Waals surface area contributed by atoms with Crippen LogP contribution in [-0.2, 0) is 18.9 Å². The molecular weight excluding hydrogens is 340 g/mol. The fraction of sp³-hybridized carbons (Fsp3) is 0.200. The molecule has 0 bridgehead atoms. The zero-order chi connectivity index (χ0) is 19.1. The molecule has 0 saturated carbocycles. The number of benzene rings is 1. The Labute approximate surface area is 157 Å². The molecule has 0 atom stereocenters. The van der Waals surface area contributed by atoms with Gasteiger partial charge in [-0.25, -0.2) is 0 Å². The van der Waals surface area contributed by atoms with E-state index >= 15 is 0 Å². The molecule has 7 heteroatoms. The number of rotatable bonds is 3. The summed E-state index contributed by atoms with van der Waals surface area (Å²) in [6.07, 6.45) is 3.61. The zero-order valence-electron chi connectivity index (χ0n) is 15.7. The minimum absolute atomic E-state index is 0.168. The van der Waals surface area contributed by atoms with Crippen LogP contribution < -0.4 is 5.01 Å². The van der Waals surface area contributed by atoms with Crippen LogP contribution in [0.2, 0.25) is 0 Å². The van der Waals surface area contributed by atoms with E-state index in [-0.39, 0.29) is 5.91 Å². The van der Waals surface area contributed by atoms with E-state index in [0.29, 0.717) is 11.3 Å². The molecule has 27 heavy (non-hydrogen) atoms. The summed E-state index contributed by atoms with van der Waals surface area (Å²) in [5.41, 5.74) is 5.40. The van der Waals surface area contributed by atoms with Crippen LogP contribution in [0.4, 0.5) is 5.69 Å². The van der Waals surface area contributed by atoms with Crippen LogP contribution in [0, 0.1) is 13.8 Å². The molecule has 3 heterocycles. The normalized spacial score (nSPS) is 15.7. The van der Waals surface area contributed by atoms with Gasteiger partial charge in [0.15, 0.2) is 0 Å². The maximum absolute atomic E-state index is 13.2. The zero-order valence-corrected chi connectivity index (χ0v) is 15.7. The molecule has 4 rings (SSSR count). The Bertz CT molecular complexity index is 1090. The number of carbonyl (C=O) groups excluding carboxylic acids is 1. The Balaban J connectivity index is 1.88. The highest BCUT2D eigenvalue weighted by molar-refractivity contribution is 6.37. The van der Waals surface area contributed by atoms with Crippen molar-refractivity contribution in [2.24, 2.45) is 19.2 Å². The molecule has 0 fully saturated rings. The molecule has 0 radical (unpaired) electrons. The Morgan fingerprint density at radius 2 is 1.78 bits per heavy atom. The van der Waals surface area contributed by atoms with Gasteiger partial charge in [0.1, 0.15) is 5.71 Å². The maximum atomic E-state index is 13.2. The molecule has 7 nitrogen and oxygen atoms in total. The van der Waals surface area contributed by atoms with Gasteiger partial charge in [0.25, 0.3) is 5.91 Å². The van der Waals surface area contributed by atoms with E-state index in [2.05, 4.69) is 15.3 Å². The number of anilines is 1. The Kier molecular flexibility index (Phi) is 3.99. The molecule has 0 unspecified atom stereocenters. The lowest BCUT2D eigenvalue weighted by atomic mass is 10.0. The molecule has 1 aliphatic rings. The van der Waals surface area contributed by atoms with Crippen molar-refractivity contribution in [1.82, 2.24) is 19.6 Å². The van der Waals surface area contributed by atoms with Crippen LogP contribution in [0.15, 0.2) is 53.3 Å². The lowest BCUT2D eigenvalue weighted by Gasteiger charge is -2.10. The highest BCUT2D eigenvalue weighted by Crippen LogP contribution is 2.28. The van der Waals surface area contributed by atoms with Crippen LogP contribution in [0.3, 0.4) is 0 Å². The highest BCUT2D eigenvalue weighted by Gasteiger charge is 2.33. The van der Waals surface area contributed by atoms with Gasteiger partial charge in [-0.05, 0) is 38.1 Å². The van der Waals surface area contributed by atoms with Gasteiger partial charge in [-0.3, -0.25) is 14.2 Å².